The molecule has 41 heavy (non-hydrogen) atoms. The first-order valence-electron chi connectivity index (χ1n) is 13.3. The van der Waals surface area contributed by atoms with Gasteiger partial charge in [0, 0.05) is 43.6 Å². The lowest BCUT2D eigenvalue weighted by molar-refractivity contribution is -0.115. The van der Waals surface area contributed by atoms with Gasteiger partial charge in [-0.25, -0.2) is 9.18 Å². The number of aryl methyl sites for hydroxylation is 2. The number of rotatable bonds is 8. The second-order valence-electron chi connectivity index (χ2n) is 9.82. The number of hydrogen-bond donors (Lipinski definition) is 0. The molecule has 0 amide bonds. The van der Waals surface area contributed by atoms with Gasteiger partial charge in [0.25, 0.3) is 0 Å². The van der Waals surface area contributed by atoms with Gasteiger partial charge in [0.15, 0.2) is 5.78 Å². The predicted octanol–water partition coefficient (Wildman–Crippen LogP) is 9.09. The van der Waals surface area contributed by atoms with Crippen LogP contribution in [0.4, 0.5) is 4.39 Å². The molecule has 1 heterocycles. The molecule has 6 heteroatoms. The van der Waals surface area contributed by atoms with Gasteiger partial charge in [-0.1, -0.05) is 72.6 Å². The molecule has 3 nitrogen and oxygen atoms in total. The molecule has 1 aromatic heterocycles. The number of ketones is 1. The molecule has 0 aliphatic heterocycles. The maximum absolute atomic E-state index is 13.7. The molecule has 0 unspecified atom stereocenters. The Morgan fingerprint density at radius 3 is 2.39 bits per heavy atom. The van der Waals surface area contributed by atoms with Crippen LogP contribution in [0.1, 0.15) is 46.1 Å². The zero-order chi connectivity index (χ0) is 29.1. The molecule has 0 atom stereocenters. The Kier molecular flexibility index (Phi) is 8.62. The smallest absolute Gasteiger partial charge is 0.340 e. The van der Waals surface area contributed by atoms with Crippen LogP contribution >= 0.6 is 23.5 Å². The summed E-state index contributed by atoms with van der Waals surface area (Å²) >= 11 is 2.90. The predicted molar refractivity (Wildman–Crippen MR) is 168 cm³/mol. The highest BCUT2D eigenvalue weighted by molar-refractivity contribution is 8.08. The van der Waals surface area contributed by atoms with E-state index in [1.54, 1.807) is 18.2 Å². The Labute approximate surface area is 247 Å². The monoisotopic (exact) mass is 580 g/mol. The highest BCUT2D eigenvalue weighted by atomic mass is 32.2. The average Bonchev–Trinajstić information content (AvgIpc) is 2.96. The van der Waals surface area contributed by atoms with Crippen molar-refractivity contribution in [2.24, 2.45) is 0 Å². The summed E-state index contributed by atoms with van der Waals surface area (Å²) in [4.78, 5) is 30.6. The maximum Gasteiger partial charge on any atom is 0.340 e. The number of fused-ring (bicyclic) bond motifs is 1. The van der Waals surface area contributed by atoms with Gasteiger partial charge in [0.05, 0.1) is 5.56 Å². The fourth-order valence-corrected chi connectivity index (χ4v) is 7.07. The van der Waals surface area contributed by atoms with Crippen molar-refractivity contribution in [1.82, 2.24) is 0 Å². The summed E-state index contributed by atoms with van der Waals surface area (Å²) in [7, 11) is 0. The van der Waals surface area contributed by atoms with E-state index in [0.29, 0.717) is 16.9 Å². The summed E-state index contributed by atoms with van der Waals surface area (Å²) in [6.07, 6.45) is 5.70. The molecule has 1 aliphatic carbocycles. The van der Waals surface area contributed by atoms with Crippen LogP contribution in [0.5, 0.6) is 0 Å². The third-order valence-electron chi connectivity index (χ3n) is 7.06. The summed E-state index contributed by atoms with van der Waals surface area (Å²) in [5, 5.41) is 0. The van der Waals surface area contributed by atoms with Crippen molar-refractivity contribution in [2.75, 3.05) is 0 Å². The Hall–Kier alpha value is -3.87. The van der Waals surface area contributed by atoms with E-state index in [1.165, 1.54) is 41.2 Å². The van der Waals surface area contributed by atoms with Crippen molar-refractivity contribution >= 4 is 46.4 Å². The molecule has 1 aliphatic rings. The molecular weight excluding hydrogens is 552 g/mol. The van der Waals surface area contributed by atoms with Crippen LogP contribution in [-0.2, 0) is 17.6 Å². The lowest BCUT2D eigenvalue weighted by Gasteiger charge is -2.23. The minimum atomic E-state index is -0.496. The van der Waals surface area contributed by atoms with Crippen molar-refractivity contribution in [3.8, 4) is 0 Å². The third kappa shape index (κ3) is 6.09. The normalized spacial score (nSPS) is 13.1. The van der Waals surface area contributed by atoms with Crippen molar-refractivity contribution in [2.45, 2.75) is 48.3 Å². The van der Waals surface area contributed by atoms with Crippen LogP contribution < -0.4 is 5.63 Å². The maximum atomic E-state index is 13.7. The van der Waals surface area contributed by atoms with E-state index in [1.807, 2.05) is 49.4 Å². The number of carbonyl (C=O) groups is 1. The van der Waals surface area contributed by atoms with Gasteiger partial charge in [-0.2, -0.15) is 0 Å². The highest BCUT2D eigenvalue weighted by Crippen LogP contribution is 2.44. The van der Waals surface area contributed by atoms with Crippen molar-refractivity contribution in [3.63, 3.8) is 0 Å². The number of carbonyl (C=O) groups excluding carboxylic acids is 1. The van der Waals surface area contributed by atoms with Crippen LogP contribution in [0.15, 0.2) is 109 Å². The van der Waals surface area contributed by atoms with Gasteiger partial charge in [0.1, 0.15) is 11.6 Å². The standard InChI is InChI=1S/C35H29FO3S2/c1-5-9-28-32(6-2)39-35(38)30(34(28)41-26-15-12-21(3)22(4)18-26)20-29-31(37)19-23-10-7-8-11-27(23)33(29)40-25-16-13-24(36)14-17-25/h5-18H,2,19-20H2,1,3-4H3/b9-5-. The molecule has 5 rings (SSSR count). The SMILES string of the molecule is C=Cc1oc(=O)c(CC2=C(Sc3ccc(F)cc3)c3ccccc3CC2=O)c(Sc2ccc(C)c(C)c2)c1/C=C\C. The van der Waals surface area contributed by atoms with Crippen molar-refractivity contribution in [3.05, 3.63) is 140 Å². The number of hydrogen-bond acceptors (Lipinski definition) is 5. The van der Waals surface area contributed by atoms with Crippen LogP contribution in [-0.4, -0.2) is 5.78 Å². The van der Waals surface area contributed by atoms with Gasteiger partial charge < -0.3 is 4.42 Å². The van der Waals surface area contributed by atoms with Gasteiger partial charge in [-0.15, -0.1) is 0 Å². The molecule has 0 fully saturated rings. The number of halogens is 1. The molecule has 0 radical (unpaired) electrons. The minimum Gasteiger partial charge on any atom is -0.422 e. The van der Waals surface area contributed by atoms with Crippen LogP contribution in [0, 0.1) is 19.7 Å². The second kappa shape index (κ2) is 12.3. The molecule has 0 spiro atoms. The van der Waals surface area contributed by atoms with Gasteiger partial charge in [0.2, 0.25) is 0 Å². The average molecular weight is 581 g/mol. The summed E-state index contributed by atoms with van der Waals surface area (Å²) in [6.45, 7) is 9.89. The largest absolute Gasteiger partial charge is 0.422 e. The number of thioether (sulfide) groups is 1. The Morgan fingerprint density at radius 2 is 1.68 bits per heavy atom. The highest BCUT2D eigenvalue weighted by Gasteiger charge is 2.29. The summed E-state index contributed by atoms with van der Waals surface area (Å²) in [5.74, 6) is 0.0155. The van der Waals surface area contributed by atoms with E-state index >= 15 is 0 Å². The molecule has 0 N–H and O–H groups in total. The molecule has 0 saturated carbocycles. The first kappa shape index (κ1) is 28.7. The zero-order valence-electron chi connectivity index (χ0n) is 23.1. The molecule has 4 aromatic rings. The van der Waals surface area contributed by atoms with E-state index in [4.69, 9.17) is 4.42 Å². The topological polar surface area (TPSA) is 47.3 Å². The summed E-state index contributed by atoms with van der Waals surface area (Å²) in [6, 6.07) is 20.2. The second-order valence-corrected chi connectivity index (χ2v) is 12.0. The quantitative estimate of drug-likeness (QED) is 0.208. The van der Waals surface area contributed by atoms with Crippen molar-refractivity contribution < 1.29 is 13.6 Å². The van der Waals surface area contributed by atoms with E-state index in [9.17, 15) is 14.0 Å². The van der Waals surface area contributed by atoms with E-state index in [-0.39, 0.29) is 24.4 Å². The van der Waals surface area contributed by atoms with E-state index in [0.717, 1.165) is 41.8 Å². The third-order valence-corrected chi connectivity index (χ3v) is 9.40. The minimum absolute atomic E-state index is 0.0461. The number of allylic oxidation sites excluding steroid dienone is 2. The first-order valence-corrected chi connectivity index (χ1v) is 14.9. The number of benzene rings is 3. The molecule has 3 aromatic carbocycles. The first-order chi connectivity index (χ1) is 19.8. The lowest BCUT2D eigenvalue weighted by Crippen LogP contribution is -2.20. The van der Waals surface area contributed by atoms with Crippen molar-refractivity contribution in [1.29, 1.82) is 0 Å². The van der Waals surface area contributed by atoms with Crippen LogP contribution in [0.2, 0.25) is 0 Å². The van der Waals surface area contributed by atoms with Crippen LogP contribution in [0.3, 0.4) is 0 Å². The van der Waals surface area contributed by atoms with Gasteiger partial charge in [-0.05, 0) is 85.5 Å². The summed E-state index contributed by atoms with van der Waals surface area (Å²) in [5.41, 5.74) is 5.43. The van der Waals surface area contributed by atoms with Gasteiger partial charge >= 0.3 is 5.63 Å². The Morgan fingerprint density at radius 1 is 0.951 bits per heavy atom. The molecule has 206 valence electrons. The van der Waals surface area contributed by atoms with E-state index in [2.05, 4.69) is 32.6 Å². The fourth-order valence-electron chi connectivity index (χ4n) is 4.78. The molecule has 0 bridgehead atoms. The van der Waals surface area contributed by atoms with Gasteiger partial charge in [-0.3, -0.25) is 4.79 Å². The lowest BCUT2D eigenvalue weighted by atomic mass is 9.88. The van der Waals surface area contributed by atoms with Crippen LogP contribution in [0.25, 0.3) is 17.1 Å². The summed E-state index contributed by atoms with van der Waals surface area (Å²) < 4.78 is 19.4. The Balaban J connectivity index is 1.71. The number of Topliss-reactive ketones (excluding diaryl/α,β-unsaturated/α-hetero) is 1. The van der Waals surface area contributed by atoms with E-state index < -0.39 is 5.63 Å². The molecular formula is C35H29FO3S2. The zero-order valence-corrected chi connectivity index (χ0v) is 24.8. The molecule has 0 saturated heterocycles. The Bertz CT molecular complexity index is 1780. The fraction of sp³-hybridized carbons (Fsp3) is 0.143.